The molecule has 0 radical (unpaired) electrons. The molecule has 1 rings (SSSR count). The lowest BCUT2D eigenvalue weighted by Gasteiger charge is -2.00. The smallest absolute Gasteiger partial charge is 0.330 e. The van der Waals surface area contributed by atoms with Gasteiger partial charge >= 0.3 is 5.97 Å². The molecular formula is C10H7BrF2O2. The van der Waals surface area contributed by atoms with E-state index < -0.39 is 17.6 Å². The Hall–Kier alpha value is -1.23. The molecule has 0 atom stereocenters. The summed E-state index contributed by atoms with van der Waals surface area (Å²) in [4.78, 5) is 10.7. The van der Waals surface area contributed by atoms with Crippen molar-refractivity contribution in [3.05, 3.63) is 39.9 Å². The minimum absolute atomic E-state index is 0.133. The highest BCUT2D eigenvalue weighted by atomic mass is 79.9. The Morgan fingerprint density at radius 3 is 2.73 bits per heavy atom. The summed E-state index contributed by atoms with van der Waals surface area (Å²) in [6.07, 6.45) is 1.98. The van der Waals surface area contributed by atoms with E-state index in [0.717, 1.165) is 18.2 Å². The number of methoxy groups -OCH3 is 1. The average Bonchev–Trinajstić information content (AvgIpc) is 2.23. The monoisotopic (exact) mass is 276 g/mol. The van der Waals surface area contributed by atoms with E-state index >= 15 is 0 Å². The highest BCUT2D eigenvalue weighted by Crippen LogP contribution is 2.22. The highest BCUT2D eigenvalue weighted by Gasteiger charge is 2.09. The second kappa shape index (κ2) is 5.02. The van der Waals surface area contributed by atoms with Gasteiger partial charge in [-0.05, 0) is 34.1 Å². The average molecular weight is 277 g/mol. The van der Waals surface area contributed by atoms with Crippen molar-refractivity contribution in [2.45, 2.75) is 0 Å². The number of hydrogen-bond donors (Lipinski definition) is 0. The third-order valence-corrected chi connectivity index (χ3v) is 2.28. The first-order valence-electron chi connectivity index (χ1n) is 3.95. The van der Waals surface area contributed by atoms with E-state index in [1.54, 1.807) is 0 Å². The van der Waals surface area contributed by atoms with Gasteiger partial charge in [-0.1, -0.05) is 0 Å². The molecule has 0 aliphatic heterocycles. The summed E-state index contributed by atoms with van der Waals surface area (Å²) in [7, 11) is 1.18. The molecule has 0 unspecified atom stereocenters. The molecule has 1 aromatic carbocycles. The van der Waals surface area contributed by atoms with E-state index in [-0.39, 0.29) is 10.0 Å². The second-order valence-electron chi connectivity index (χ2n) is 2.61. The quantitative estimate of drug-likeness (QED) is 0.472. The fraction of sp³-hybridized carbons (Fsp3) is 0.100. The fourth-order valence-corrected chi connectivity index (χ4v) is 1.26. The van der Waals surface area contributed by atoms with E-state index in [1.807, 2.05) is 0 Å². The number of carbonyl (C=O) groups excluding carboxylic acids is 1. The van der Waals surface area contributed by atoms with Crippen LogP contribution in [0.3, 0.4) is 0 Å². The minimum atomic E-state index is -0.754. The number of hydrogen-bond acceptors (Lipinski definition) is 2. The number of benzene rings is 1. The van der Waals surface area contributed by atoms with E-state index in [0.29, 0.717) is 0 Å². The normalized spacial score (nSPS) is 10.7. The maximum atomic E-state index is 13.3. The van der Waals surface area contributed by atoms with Crippen LogP contribution < -0.4 is 0 Å². The summed E-state index contributed by atoms with van der Waals surface area (Å²) < 4.78 is 30.9. The Labute approximate surface area is 93.7 Å². The molecule has 0 saturated carbocycles. The van der Waals surface area contributed by atoms with Crippen LogP contribution in [0.5, 0.6) is 0 Å². The molecule has 0 N–H and O–H groups in total. The maximum Gasteiger partial charge on any atom is 0.330 e. The number of halogens is 3. The lowest BCUT2D eigenvalue weighted by molar-refractivity contribution is -0.134. The molecule has 0 saturated heterocycles. The zero-order chi connectivity index (χ0) is 11.4. The van der Waals surface area contributed by atoms with Crippen LogP contribution in [0.25, 0.3) is 6.08 Å². The summed E-state index contributed by atoms with van der Waals surface area (Å²) in [6, 6.07) is 2.35. The summed E-state index contributed by atoms with van der Waals surface area (Å²) in [6.45, 7) is 0. The van der Waals surface area contributed by atoms with Gasteiger partial charge in [0, 0.05) is 11.6 Å². The van der Waals surface area contributed by atoms with Crippen LogP contribution in [0.2, 0.25) is 0 Å². The van der Waals surface area contributed by atoms with Crippen molar-refractivity contribution in [2.75, 3.05) is 7.11 Å². The second-order valence-corrected chi connectivity index (χ2v) is 3.47. The van der Waals surface area contributed by atoms with Crippen molar-refractivity contribution in [2.24, 2.45) is 0 Å². The van der Waals surface area contributed by atoms with E-state index in [2.05, 4.69) is 20.7 Å². The first-order chi connectivity index (χ1) is 7.06. The number of carbonyl (C=O) groups is 1. The minimum Gasteiger partial charge on any atom is -0.466 e. The first-order valence-corrected chi connectivity index (χ1v) is 4.75. The zero-order valence-electron chi connectivity index (χ0n) is 7.76. The molecule has 0 amide bonds. The molecule has 0 fully saturated rings. The zero-order valence-corrected chi connectivity index (χ0v) is 9.35. The lowest BCUT2D eigenvalue weighted by atomic mass is 10.2. The van der Waals surface area contributed by atoms with Crippen LogP contribution in [-0.2, 0) is 9.53 Å². The number of ether oxygens (including phenoxy) is 1. The SMILES string of the molecule is COC(=O)C=Cc1c(F)ccc(Br)c1F. The van der Waals surface area contributed by atoms with Crippen molar-refractivity contribution < 1.29 is 18.3 Å². The molecule has 15 heavy (non-hydrogen) atoms. The molecule has 0 bridgehead atoms. The molecule has 0 aromatic heterocycles. The summed E-state index contributed by atoms with van der Waals surface area (Å²) in [5.74, 6) is -2.17. The molecule has 5 heteroatoms. The molecule has 80 valence electrons. The first kappa shape index (κ1) is 11.8. The van der Waals surface area contributed by atoms with Crippen molar-refractivity contribution in [3.8, 4) is 0 Å². The predicted octanol–water partition coefficient (Wildman–Crippen LogP) is 2.91. The molecule has 2 nitrogen and oxygen atoms in total. The molecule has 1 aromatic rings. The van der Waals surface area contributed by atoms with Crippen LogP contribution in [0.15, 0.2) is 22.7 Å². The Morgan fingerprint density at radius 2 is 2.13 bits per heavy atom. The van der Waals surface area contributed by atoms with Gasteiger partial charge in [0.2, 0.25) is 0 Å². The van der Waals surface area contributed by atoms with Crippen LogP contribution in [0, 0.1) is 11.6 Å². The van der Waals surface area contributed by atoms with Gasteiger partial charge in [-0.15, -0.1) is 0 Å². The standard InChI is InChI=1S/C10H7BrF2O2/c1-15-9(14)5-2-6-8(12)4-3-7(11)10(6)13/h2-5H,1H3. The van der Waals surface area contributed by atoms with E-state index in [4.69, 9.17) is 0 Å². The Balaban J connectivity index is 3.09. The van der Waals surface area contributed by atoms with Gasteiger partial charge < -0.3 is 4.74 Å². The van der Waals surface area contributed by atoms with Crippen molar-refractivity contribution >= 4 is 28.0 Å². The summed E-state index contributed by atoms with van der Waals surface area (Å²) in [5, 5.41) is 0. The third-order valence-electron chi connectivity index (χ3n) is 1.67. The predicted molar refractivity (Wildman–Crippen MR) is 55.1 cm³/mol. The topological polar surface area (TPSA) is 26.3 Å². The van der Waals surface area contributed by atoms with Crippen LogP contribution in [0.4, 0.5) is 8.78 Å². The largest absolute Gasteiger partial charge is 0.466 e. The summed E-state index contributed by atoms with van der Waals surface area (Å²) >= 11 is 2.91. The van der Waals surface area contributed by atoms with Crippen LogP contribution >= 0.6 is 15.9 Å². The van der Waals surface area contributed by atoms with Gasteiger partial charge in [0.05, 0.1) is 11.6 Å². The van der Waals surface area contributed by atoms with Crippen LogP contribution in [-0.4, -0.2) is 13.1 Å². The number of esters is 1. The Bertz CT molecular complexity index is 416. The summed E-state index contributed by atoms with van der Waals surface area (Å²) in [5.41, 5.74) is -0.283. The Kier molecular flexibility index (Phi) is 3.96. The molecule has 0 aliphatic carbocycles. The van der Waals surface area contributed by atoms with Crippen LogP contribution in [0.1, 0.15) is 5.56 Å². The maximum absolute atomic E-state index is 13.3. The lowest BCUT2D eigenvalue weighted by Crippen LogP contribution is -1.95. The fourth-order valence-electron chi connectivity index (χ4n) is 0.915. The molecule has 0 spiro atoms. The van der Waals surface area contributed by atoms with Gasteiger partial charge in [-0.3, -0.25) is 0 Å². The Morgan fingerprint density at radius 1 is 1.47 bits per heavy atom. The van der Waals surface area contributed by atoms with Gasteiger partial charge in [-0.25, -0.2) is 13.6 Å². The molecule has 0 heterocycles. The third kappa shape index (κ3) is 2.86. The van der Waals surface area contributed by atoms with Crippen molar-refractivity contribution in [1.82, 2.24) is 0 Å². The van der Waals surface area contributed by atoms with Gasteiger partial charge in [-0.2, -0.15) is 0 Å². The van der Waals surface area contributed by atoms with Crippen molar-refractivity contribution in [1.29, 1.82) is 0 Å². The van der Waals surface area contributed by atoms with E-state index in [1.165, 1.54) is 13.2 Å². The van der Waals surface area contributed by atoms with E-state index in [9.17, 15) is 13.6 Å². The highest BCUT2D eigenvalue weighted by molar-refractivity contribution is 9.10. The van der Waals surface area contributed by atoms with Gasteiger partial charge in [0.1, 0.15) is 11.6 Å². The number of rotatable bonds is 2. The molecular weight excluding hydrogens is 270 g/mol. The van der Waals surface area contributed by atoms with Crippen molar-refractivity contribution in [3.63, 3.8) is 0 Å². The molecule has 0 aliphatic rings. The van der Waals surface area contributed by atoms with Gasteiger partial charge in [0.15, 0.2) is 0 Å². The van der Waals surface area contributed by atoms with Gasteiger partial charge in [0.25, 0.3) is 0 Å².